The first-order chi connectivity index (χ1) is 12.7. The summed E-state index contributed by atoms with van der Waals surface area (Å²) < 4.78 is 5.15. The molecule has 1 unspecified atom stereocenters. The van der Waals surface area contributed by atoms with Crippen LogP contribution in [0.5, 0.6) is 5.75 Å². The molecule has 0 aliphatic rings. The summed E-state index contributed by atoms with van der Waals surface area (Å²) in [5, 5.41) is 10.1. The number of nitrogens with one attached hydrogen (secondary N) is 2. The van der Waals surface area contributed by atoms with Crippen molar-refractivity contribution in [2.24, 2.45) is 0 Å². The van der Waals surface area contributed by atoms with Crippen LogP contribution in [-0.2, 0) is 6.42 Å². The van der Waals surface area contributed by atoms with Gasteiger partial charge in [-0.2, -0.15) is 5.10 Å². The average molecular weight is 349 g/mol. The van der Waals surface area contributed by atoms with Gasteiger partial charge in [0.25, 0.3) is 5.91 Å². The van der Waals surface area contributed by atoms with Gasteiger partial charge in [0.15, 0.2) is 0 Å². The lowest BCUT2D eigenvalue weighted by atomic mass is 10.1. The molecule has 1 heterocycles. The molecule has 26 heavy (non-hydrogen) atoms. The van der Waals surface area contributed by atoms with E-state index >= 15 is 0 Å². The van der Waals surface area contributed by atoms with Gasteiger partial charge in [-0.3, -0.25) is 9.89 Å². The summed E-state index contributed by atoms with van der Waals surface area (Å²) in [6, 6.07) is 19.7. The van der Waals surface area contributed by atoms with E-state index in [1.807, 2.05) is 49.4 Å². The third-order valence-corrected chi connectivity index (χ3v) is 4.29. The number of hydrogen-bond acceptors (Lipinski definition) is 3. The second-order valence-electron chi connectivity index (χ2n) is 6.29. The second-order valence-corrected chi connectivity index (χ2v) is 6.29. The number of H-pyrrole nitrogens is 1. The van der Waals surface area contributed by atoms with Crippen LogP contribution < -0.4 is 10.1 Å². The van der Waals surface area contributed by atoms with Gasteiger partial charge in [-0.15, -0.1) is 0 Å². The van der Waals surface area contributed by atoms with Crippen LogP contribution in [0, 0.1) is 0 Å². The Bertz CT molecular complexity index is 841. The first-order valence-corrected chi connectivity index (χ1v) is 8.70. The molecule has 1 atom stereocenters. The Hall–Kier alpha value is -3.08. The van der Waals surface area contributed by atoms with Gasteiger partial charge >= 0.3 is 0 Å². The fraction of sp³-hybridized carbons (Fsp3) is 0.238. The second kappa shape index (κ2) is 8.34. The molecule has 2 aromatic carbocycles. The summed E-state index contributed by atoms with van der Waals surface area (Å²) in [7, 11) is 1.63. The standard InChI is InChI=1S/C21H23N3O2/c1-15(8-9-16-6-4-3-5-7-16)22-21(25)20-14-19(23-24-20)17-10-12-18(26-2)13-11-17/h3-7,10-15H,8-9H2,1-2H3,(H,22,25)(H,23,24). The predicted octanol–water partition coefficient (Wildman–Crippen LogP) is 3.84. The number of benzene rings is 2. The Kier molecular flexibility index (Phi) is 5.69. The van der Waals surface area contributed by atoms with Crippen LogP contribution in [0.4, 0.5) is 0 Å². The lowest BCUT2D eigenvalue weighted by Crippen LogP contribution is -2.33. The van der Waals surface area contributed by atoms with E-state index in [-0.39, 0.29) is 11.9 Å². The molecule has 0 spiro atoms. The molecule has 0 aliphatic carbocycles. The largest absolute Gasteiger partial charge is 0.497 e. The van der Waals surface area contributed by atoms with Crippen molar-refractivity contribution >= 4 is 5.91 Å². The van der Waals surface area contributed by atoms with Crippen molar-refractivity contribution in [2.75, 3.05) is 7.11 Å². The van der Waals surface area contributed by atoms with Crippen LogP contribution in [0.1, 0.15) is 29.4 Å². The van der Waals surface area contributed by atoms with E-state index in [1.54, 1.807) is 13.2 Å². The quantitative estimate of drug-likeness (QED) is 0.681. The van der Waals surface area contributed by atoms with E-state index in [0.29, 0.717) is 5.69 Å². The SMILES string of the molecule is COc1ccc(-c2cc(C(=O)NC(C)CCc3ccccc3)[nH]n2)cc1. The molecule has 1 amide bonds. The minimum absolute atomic E-state index is 0.0791. The number of amides is 1. The lowest BCUT2D eigenvalue weighted by molar-refractivity contribution is 0.0933. The zero-order valence-corrected chi connectivity index (χ0v) is 15.0. The number of nitrogens with zero attached hydrogens (tertiary/aromatic N) is 1. The van der Waals surface area contributed by atoms with Crippen LogP contribution >= 0.6 is 0 Å². The van der Waals surface area contributed by atoms with Gasteiger partial charge < -0.3 is 10.1 Å². The van der Waals surface area contributed by atoms with Crippen LogP contribution in [-0.4, -0.2) is 29.3 Å². The van der Waals surface area contributed by atoms with Crippen LogP contribution in [0.2, 0.25) is 0 Å². The highest BCUT2D eigenvalue weighted by Gasteiger charge is 2.13. The van der Waals surface area contributed by atoms with Gasteiger partial charge in [0.05, 0.1) is 12.8 Å². The maximum Gasteiger partial charge on any atom is 0.269 e. The molecular weight excluding hydrogens is 326 g/mol. The molecule has 5 nitrogen and oxygen atoms in total. The highest BCUT2D eigenvalue weighted by Crippen LogP contribution is 2.21. The number of aromatic nitrogens is 2. The molecule has 0 saturated heterocycles. The Morgan fingerprint density at radius 3 is 2.58 bits per heavy atom. The summed E-state index contributed by atoms with van der Waals surface area (Å²) in [6.07, 6.45) is 1.82. The monoisotopic (exact) mass is 349 g/mol. The molecule has 1 aromatic heterocycles. The zero-order chi connectivity index (χ0) is 18.4. The van der Waals surface area contributed by atoms with Crippen LogP contribution in [0.15, 0.2) is 60.7 Å². The van der Waals surface area contributed by atoms with Crippen LogP contribution in [0.3, 0.4) is 0 Å². The molecule has 3 rings (SSSR count). The Labute approximate surface area is 153 Å². The minimum atomic E-state index is -0.141. The predicted molar refractivity (Wildman–Crippen MR) is 102 cm³/mol. The van der Waals surface area contributed by atoms with E-state index < -0.39 is 0 Å². The Balaban J connectivity index is 1.57. The van der Waals surface area contributed by atoms with Gasteiger partial charge in [-0.05, 0) is 55.7 Å². The van der Waals surface area contributed by atoms with Gasteiger partial charge in [0.1, 0.15) is 11.4 Å². The zero-order valence-electron chi connectivity index (χ0n) is 15.0. The summed E-state index contributed by atoms with van der Waals surface area (Å²) in [5.41, 5.74) is 3.40. The van der Waals surface area contributed by atoms with Gasteiger partial charge in [0.2, 0.25) is 0 Å². The van der Waals surface area contributed by atoms with Crippen molar-refractivity contribution in [1.82, 2.24) is 15.5 Å². The topological polar surface area (TPSA) is 67.0 Å². The maximum atomic E-state index is 12.4. The van der Waals surface area contributed by atoms with Gasteiger partial charge in [-0.1, -0.05) is 30.3 Å². The smallest absolute Gasteiger partial charge is 0.269 e. The Morgan fingerprint density at radius 2 is 1.88 bits per heavy atom. The lowest BCUT2D eigenvalue weighted by Gasteiger charge is -2.13. The van der Waals surface area contributed by atoms with Crippen LogP contribution in [0.25, 0.3) is 11.3 Å². The van der Waals surface area contributed by atoms with Crippen molar-refractivity contribution in [2.45, 2.75) is 25.8 Å². The van der Waals surface area contributed by atoms with Crippen molar-refractivity contribution < 1.29 is 9.53 Å². The van der Waals surface area contributed by atoms with Gasteiger partial charge in [-0.25, -0.2) is 0 Å². The molecule has 0 radical (unpaired) electrons. The number of ether oxygens (including phenoxy) is 1. The summed E-state index contributed by atoms with van der Waals surface area (Å²) in [4.78, 5) is 12.4. The fourth-order valence-electron chi connectivity index (χ4n) is 2.75. The van der Waals surface area contributed by atoms with E-state index in [4.69, 9.17) is 4.74 Å². The normalized spacial score (nSPS) is 11.8. The number of hydrogen-bond donors (Lipinski definition) is 2. The molecule has 0 bridgehead atoms. The number of aromatic amines is 1. The molecular formula is C21H23N3O2. The van der Waals surface area contributed by atoms with Gasteiger partial charge in [0, 0.05) is 11.6 Å². The third-order valence-electron chi connectivity index (χ3n) is 4.29. The number of aryl methyl sites for hydroxylation is 1. The van der Waals surface area contributed by atoms with Crippen molar-refractivity contribution in [3.63, 3.8) is 0 Å². The summed E-state index contributed by atoms with van der Waals surface area (Å²) in [6.45, 7) is 2.02. The molecule has 0 aliphatic heterocycles. The highest BCUT2D eigenvalue weighted by atomic mass is 16.5. The van der Waals surface area contributed by atoms with E-state index in [1.165, 1.54) is 5.56 Å². The fourth-order valence-corrected chi connectivity index (χ4v) is 2.75. The molecule has 5 heteroatoms. The molecule has 0 fully saturated rings. The summed E-state index contributed by atoms with van der Waals surface area (Å²) >= 11 is 0. The number of carbonyl (C=O) groups is 1. The number of carbonyl (C=O) groups excluding carboxylic acids is 1. The first-order valence-electron chi connectivity index (χ1n) is 8.70. The minimum Gasteiger partial charge on any atom is -0.497 e. The molecule has 3 aromatic rings. The first kappa shape index (κ1) is 17.7. The van der Waals surface area contributed by atoms with E-state index in [0.717, 1.165) is 29.8 Å². The van der Waals surface area contributed by atoms with E-state index in [9.17, 15) is 4.79 Å². The van der Waals surface area contributed by atoms with E-state index in [2.05, 4.69) is 27.6 Å². The molecule has 2 N–H and O–H groups in total. The van der Waals surface area contributed by atoms with Crippen molar-refractivity contribution in [1.29, 1.82) is 0 Å². The average Bonchev–Trinajstić information content (AvgIpc) is 3.18. The molecule has 0 saturated carbocycles. The van der Waals surface area contributed by atoms with Crippen molar-refractivity contribution in [3.05, 3.63) is 71.9 Å². The molecule has 134 valence electrons. The Morgan fingerprint density at radius 1 is 1.15 bits per heavy atom. The summed E-state index contributed by atoms with van der Waals surface area (Å²) in [5.74, 6) is 0.646. The number of methoxy groups -OCH3 is 1. The maximum absolute atomic E-state index is 12.4. The highest BCUT2D eigenvalue weighted by molar-refractivity contribution is 5.93. The third kappa shape index (κ3) is 4.51. The van der Waals surface area contributed by atoms with Crippen molar-refractivity contribution in [3.8, 4) is 17.0 Å². The number of rotatable bonds is 7.